The first-order valence-electron chi connectivity index (χ1n) is 9.06. The predicted molar refractivity (Wildman–Crippen MR) is 114 cm³/mol. The fourth-order valence-corrected chi connectivity index (χ4v) is 3.28. The lowest BCUT2D eigenvalue weighted by molar-refractivity contribution is -0.116. The Morgan fingerprint density at radius 1 is 1.00 bits per heavy atom. The number of para-hydroxylation sites is 2. The van der Waals surface area contributed by atoms with Gasteiger partial charge in [0, 0.05) is 12.2 Å². The average molecular weight is 408 g/mol. The van der Waals surface area contributed by atoms with Crippen molar-refractivity contribution in [3.05, 3.63) is 93.9 Å². The smallest absolute Gasteiger partial charge is 0.408 e. The van der Waals surface area contributed by atoms with Crippen LogP contribution in [0.4, 0.5) is 11.4 Å². The van der Waals surface area contributed by atoms with Gasteiger partial charge in [0.2, 0.25) is 5.91 Å². The summed E-state index contributed by atoms with van der Waals surface area (Å²) in [7, 11) is 0. The molecule has 3 aromatic carbocycles. The molecule has 0 aliphatic heterocycles. The number of benzene rings is 3. The molecule has 0 aliphatic rings. The second-order valence-electron chi connectivity index (χ2n) is 6.50. The van der Waals surface area contributed by atoms with E-state index in [1.165, 1.54) is 4.57 Å². The largest absolute Gasteiger partial charge is 0.420 e. The van der Waals surface area contributed by atoms with Gasteiger partial charge in [-0.1, -0.05) is 54.1 Å². The highest BCUT2D eigenvalue weighted by Crippen LogP contribution is 2.26. The second-order valence-corrected chi connectivity index (χ2v) is 6.91. The molecule has 0 unspecified atom stereocenters. The van der Waals surface area contributed by atoms with Crippen LogP contribution in [-0.4, -0.2) is 10.5 Å². The Morgan fingerprint density at radius 2 is 1.76 bits per heavy atom. The summed E-state index contributed by atoms with van der Waals surface area (Å²) in [6.07, 6.45) is 0. The van der Waals surface area contributed by atoms with Gasteiger partial charge in [-0.2, -0.15) is 0 Å². The first kappa shape index (κ1) is 18.8. The van der Waals surface area contributed by atoms with Crippen LogP contribution < -0.4 is 16.4 Å². The van der Waals surface area contributed by atoms with E-state index in [1.807, 2.05) is 30.3 Å². The van der Waals surface area contributed by atoms with Gasteiger partial charge in [0.05, 0.1) is 16.2 Å². The van der Waals surface area contributed by atoms with Crippen LogP contribution in [0.15, 0.2) is 82.0 Å². The highest BCUT2D eigenvalue weighted by Gasteiger charge is 2.13. The fraction of sp³-hybridized carbons (Fsp3) is 0.0909. The molecule has 0 radical (unpaired) electrons. The lowest BCUT2D eigenvalue weighted by Gasteiger charge is -2.11. The maximum atomic E-state index is 12.4. The molecule has 1 amide bonds. The molecule has 0 saturated carbocycles. The molecule has 0 bridgehead atoms. The van der Waals surface area contributed by atoms with Crippen LogP contribution in [0.5, 0.6) is 0 Å². The van der Waals surface area contributed by atoms with E-state index in [4.69, 9.17) is 16.0 Å². The van der Waals surface area contributed by atoms with Crippen LogP contribution in [0.1, 0.15) is 5.56 Å². The Morgan fingerprint density at radius 3 is 2.55 bits per heavy atom. The van der Waals surface area contributed by atoms with Crippen LogP contribution in [0.25, 0.3) is 11.1 Å². The summed E-state index contributed by atoms with van der Waals surface area (Å²) in [5.41, 5.74) is 3.48. The molecule has 0 aliphatic carbocycles. The highest BCUT2D eigenvalue weighted by atomic mass is 35.5. The van der Waals surface area contributed by atoms with Gasteiger partial charge >= 0.3 is 5.76 Å². The summed E-state index contributed by atoms with van der Waals surface area (Å²) < 4.78 is 6.44. The van der Waals surface area contributed by atoms with E-state index < -0.39 is 5.76 Å². The molecule has 146 valence electrons. The number of rotatable bonds is 6. The van der Waals surface area contributed by atoms with E-state index >= 15 is 0 Å². The molecular formula is C22H18ClN3O3. The predicted octanol–water partition coefficient (Wildman–Crippen LogP) is 4.50. The summed E-state index contributed by atoms with van der Waals surface area (Å²) in [4.78, 5) is 24.4. The lowest BCUT2D eigenvalue weighted by Crippen LogP contribution is -2.24. The zero-order valence-corrected chi connectivity index (χ0v) is 16.1. The van der Waals surface area contributed by atoms with Gasteiger partial charge in [-0.3, -0.25) is 9.36 Å². The zero-order chi connectivity index (χ0) is 20.2. The Balaban J connectivity index is 1.42. The van der Waals surface area contributed by atoms with Gasteiger partial charge in [-0.15, -0.1) is 0 Å². The molecule has 0 fully saturated rings. The number of hydrogen-bond donors (Lipinski definition) is 2. The third-order valence-corrected chi connectivity index (χ3v) is 4.77. The van der Waals surface area contributed by atoms with Gasteiger partial charge in [-0.25, -0.2) is 4.79 Å². The van der Waals surface area contributed by atoms with Crippen molar-refractivity contribution in [2.24, 2.45) is 0 Å². The number of fused-ring (bicyclic) bond motifs is 1. The van der Waals surface area contributed by atoms with E-state index in [0.29, 0.717) is 28.4 Å². The van der Waals surface area contributed by atoms with Crippen molar-refractivity contribution < 1.29 is 9.21 Å². The number of aromatic nitrogens is 1. The summed E-state index contributed by atoms with van der Waals surface area (Å²) in [5.74, 6) is -0.917. The summed E-state index contributed by atoms with van der Waals surface area (Å²) in [6, 6.07) is 22.2. The van der Waals surface area contributed by atoms with E-state index in [-0.39, 0.29) is 12.5 Å². The normalized spacial score (nSPS) is 10.8. The highest BCUT2D eigenvalue weighted by molar-refractivity contribution is 6.33. The minimum Gasteiger partial charge on any atom is -0.408 e. The molecule has 1 aromatic heterocycles. The zero-order valence-electron chi connectivity index (χ0n) is 15.4. The van der Waals surface area contributed by atoms with Crippen LogP contribution in [0.2, 0.25) is 5.02 Å². The van der Waals surface area contributed by atoms with Crippen molar-refractivity contribution in [3.8, 4) is 0 Å². The molecule has 6 nitrogen and oxygen atoms in total. The number of carbonyl (C=O) groups is 1. The number of carbonyl (C=O) groups excluding carboxylic acids is 1. The summed E-state index contributed by atoms with van der Waals surface area (Å²) >= 11 is 6.34. The maximum absolute atomic E-state index is 12.4. The van der Waals surface area contributed by atoms with Crippen LogP contribution in [0, 0.1) is 0 Å². The molecular weight excluding hydrogens is 390 g/mol. The lowest BCUT2D eigenvalue weighted by atomic mass is 10.2. The van der Waals surface area contributed by atoms with E-state index in [2.05, 4.69) is 10.6 Å². The topological polar surface area (TPSA) is 76.3 Å². The van der Waals surface area contributed by atoms with Crippen molar-refractivity contribution in [1.82, 2.24) is 4.57 Å². The quantitative estimate of drug-likeness (QED) is 0.493. The molecule has 0 spiro atoms. The van der Waals surface area contributed by atoms with Gasteiger partial charge in [0.1, 0.15) is 6.54 Å². The van der Waals surface area contributed by atoms with Crippen LogP contribution in [0.3, 0.4) is 0 Å². The fourth-order valence-electron chi connectivity index (χ4n) is 3.04. The van der Waals surface area contributed by atoms with Gasteiger partial charge in [0.25, 0.3) is 0 Å². The maximum Gasteiger partial charge on any atom is 0.420 e. The Hall–Kier alpha value is -3.51. The Kier molecular flexibility index (Phi) is 5.35. The van der Waals surface area contributed by atoms with Crippen LogP contribution >= 0.6 is 11.6 Å². The first-order chi connectivity index (χ1) is 14.1. The average Bonchev–Trinajstić information content (AvgIpc) is 3.03. The number of anilines is 2. The third kappa shape index (κ3) is 4.33. The van der Waals surface area contributed by atoms with Gasteiger partial charge in [-0.05, 0) is 35.9 Å². The number of amides is 1. The second kappa shape index (κ2) is 8.24. The van der Waals surface area contributed by atoms with Gasteiger partial charge < -0.3 is 15.1 Å². The Labute approximate surface area is 171 Å². The minimum absolute atomic E-state index is 0.151. The molecule has 4 aromatic rings. The van der Waals surface area contributed by atoms with Crippen molar-refractivity contribution in [2.45, 2.75) is 13.1 Å². The monoisotopic (exact) mass is 407 g/mol. The van der Waals surface area contributed by atoms with Gasteiger partial charge in [0.15, 0.2) is 5.58 Å². The Bertz CT molecular complexity index is 1210. The molecule has 0 atom stereocenters. The van der Waals surface area contributed by atoms with E-state index in [9.17, 15) is 9.59 Å². The summed E-state index contributed by atoms with van der Waals surface area (Å²) in [6.45, 7) is 0.490. The van der Waals surface area contributed by atoms with Crippen molar-refractivity contribution in [2.75, 3.05) is 10.6 Å². The number of oxazole rings is 1. The van der Waals surface area contributed by atoms with E-state index in [1.54, 1.807) is 42.5 Å². The number of nitrogens with zero attached hydrogens (tertiary/aromatic N) is 1. The molecule has 0 saturated heterocycles. The van der Waals surface area contributed by atoms with E-state index in [0.717, 1.165) is 11.3 Å². The van der Waals surface area contributed by atoms with Crippen molar-refractivity contribution in [3.63, 3.8) is 0 Å². The molecule has 7 heteroatoms. The molecule has 2 N–H and O–H groups in total. The SMILES string of the molecule is O=C(Cn1c(=O)oc2ccccc21)Nc1ccc(NCc2ccccc2)c(Cl)c1. The molecule has 4 rings (SSSR count). The number of halogens is 1. The van der Waals surface area contributed by atoms with Crippen molar-refractivity contribution >= 4 is 40.0 Å². The summed E-state index contributed by atoms with van der Waals surface area (Å²) in [5, 5.41) is 6.52. The minimum atomic E-state index is -0.570. The third-order valence-electron chi connectivity index (χ3n) is 4.45. The standard InChI is InChI=1S/C22H18ClN3O3/c23-17-12-16(10-11-18(17)24-13-15-6-2-1-3-7-15)25-21(27)14-26-19-8-4-5-9-20(19)29-22(26)28/h1-12,24H,13-14H2,(H,25,27). The first-order valence-corrected chi connectivity index (χ1v) is 9.43. The number of hydrogen-bond acceptors (Lipinski definition) is 4. The molecule has 1 heterocycles. The number of nitrogens with one attached hydrogen (secondary N) is 2. The van der Waals surface area contributed by atoms with Crippen LogP contribution in [-0.2, 0) is 17.9 Å². The van der Waals surface area contributed by atoms with Crippen molar-refractivity contribution in [1.29, 1.82) is 0 Å². The molecule has 29 heavy (non-hydrogen) atoms.